The molecule has 1 aliphatic heterocycles. The van der Waals surface area contributed by atoms with Gasteiger partial charge in [0, 0.05) is 6.42 Å². The van der Waals surface area contributed by atoms with Gasteiger partial charge in [-0.3, -0.25) is 0 Å². The van der Waals surface area contributed by atoms with Gasteiger partial charge in [-0.05, 0) is 15.4 Å². The summed E-state index contributed by atoms with van der Waals surface area (Å²) in [5.41, 5.74) is -0.872. The van der Waals surface area contributed by atoms with Crippen LogP contribution in [0.3, 0.4) is 0 Å². The second-order valence-electron chi connectivity index (χ2n) is 7.84. The maximum atomic E-state index is 13.8. The summed E-state index contributed by atoms with van der Waals surface area (Å²) in [4.78, 5) is 0. The summed E-state index contributed by atoms with van der Waals surface area (Å²) in [6, 6.07) is 20.8. The van der Waals surface area contributed by atoms with E-state index in [-0.39, 0.29) is 17.6 Å². The van der Waals surface area contributed by atoms with E-state index in [1.54, 1.807) is 0 Å². The van der Waals surface area contributed by atoms with Crippen LogP contribution in [-0.4, -0.2) is 32.8 Å². The van der Waals surface area contributed by atoms with Crippen LogP contribution in [0.2, 0.25) is 5.04 Å². The predicted molar refractivity (Wildman–Crippen MR) is 108 cm³/mol. The Bertz CT molecular complexity index is 655. The summed E-state index contributed by atoms with van der Waals surface area (Å²) in [6.07, 6.45) is -1.16. The van der Waals surface area contributed by atoms with Crippen molar-refractivity contribution in [1.29, 1.82) is 0 Å². The number of rotatable bonds is 5. The van der Waals surface area contributed by atoms with Crippen LogP contribution in [0.5, 0.6) is 0 Å². The van der Waals surface area contributed by atoms with Crippen molar-refractivity contribution in [3.8, 4) is 0 Å². The molecule has 140 valence electrons. The minimum atomic E-state index is -2.61. The molecule has 2 aromatic rings. The second kappa shape index (κ2) is 7.81. The van der Waals surface area contributed by atoms with Crippen LogP contribution in [0, 0.1) is 0 Å². The molecule has 0 amide bonds. The number of hydrogen-bond donors (Lipinski definition) is 0. The van der Waals surface area contributed by atoms with E-state index in [0.29, 0.717) is 6.61 Å². The highest BCUT2D eigenvalue weighted by Gasteiger charge is 2.51. The van der Waals surface area contributed by atoms with E-state index < -0.39 is 20.1 Å². The molecule has 3 rings (SSSR count). The molecule has 2 aromatic carbocycles. The SMILES string of the molecule is CC(C)(C)[Si](OC[C@@H]1C[C@H](F)[C@@H](Cl)O1)(c1ccccc1)c1ccccc1. The van der Waals surface area contributed by atoms with Gasteiger partial charge in [0.2, 0.25) is 0 Å². The zero-order valence-electron chi connectivity index (χ0n) is 15.5. The summed E-state index contributed by atoms with van der Waals surface area (Å²) in [5.74, 6) is 0. The van der Waals surface area contributed by atoms with E-state index >= 15 is 0 Å². The predicted octanol–water partition coefficient (Wildman–Crippen LogP) is 4.25. The molecule has 1 saturated heterocycles. The molecular weight excluding hydrogens is 367 g/mol. The van der Waals surface area contributed by atoms with Crippen molar-refractivity contribution >= 4 is 30.3 Å². The third kappa shape index (κ3) is 3.74. The Balaban J connectivity index is 2.00. The van der Waals surface area contributed by atoms with Crippen molar-refractivity contribution in [2.24, 2.45) is 0 Å². The number of ether oxygens (including phenoxy) is 1. The third-order valence-corrected chi connectivity index (χ3v) is 10.4. The van der Waals surface area contributed by atoms with Crippen molar-refractivity contribution in [3.63, 3.8) is 0 Å². The van der Waals surface area contributed by atoms with Crippen molar-refractivity contribution in [3.05, 3.63) is 60.7 Å². The molecular formula is C21H26ClFO2Si. The average Bonchev–Trinajstić information content (AvgIpc) is 2.94. The van der Waals surface area contributed by atoms with Crippen molar-refractivity contribution in [1.82, 2.24) is 0 Å². The Hall–Kier alpha value is -1.20. The van der Waals surface area contributed by atoms with Gasteiger partial charge in [-0.15, -0.1) is 0 Å². The van der Waals surface area contributed by atoms with Gasteiger partial charge in [0.05, 0.1) is 12.7 Å². The van der Waals surface area contributed by atoms with Gasteiger partial charge < -0.3 is 9.16 Å². The molecule has 0 bridgehead atoms. The molecule has 26 heavy (non-hydrogen) atoms. The van der Waals surface area contributed by atoms with Gasteiger partial charge in [-0.2, -0.15) is 0 Å². The van der Waals surface area contributed by atoms with Crippen molar-refractivity contribution < 1.29 is 13.6 Å². The van der Waals surface area contributed by atoms with Gasteiger partial charge in [0.25, 0.3) is 8.32 Å². The second-order valence-corrected chi connectivity index (χ2v) is 12.6. The van der Waals surface area contributed by atoms with Gasteiger partial charge in [-0.25, -0.2) is 4.39 Å². The Morgan fingerprint density at radius 2 is 1.54 bits per heavy atom. The fourth-order valence-corrected chi connectivity index (χ4v) is 8.61. The highest BCUT2D eigenvalue weighted by Crippen LogP contribution is 2.37. The zero-order chi connectivity index (χ0) is 18.8. The summed E-state index contributed by atoms with van der Waals surface area (Å²) in [6.45, 7) is 7.00. The molecule has 0 spiro atoms. The molecule has 1 fully saturated rings. The summed E-state index contributed by atoms with van der Waals surface area (Å²) in [5, 5.41) is 2.30. The van der Waals surface area contributed by atoms with Crippen LogP contribution in [-0.2, 0) is 9.16 Å². The molecule has 1 heterocycles. The topological polar surface area (TPSA) is 18.5 Å². The molecule has 0 saturated carbocycles. The fourth-order valence-electron chi connectivity index (χ4n) is 3.77. The first-order chi connectivity index (χ1) is 12.3. The third-order valence-electron chi connectivity index (χ3n) is 5.00. The van der Waals surface area contributed by atoms with Crippen molar-refractivity contribution in [2.45, 2.75) is 50.1 Å². The van der Waals surface area contributed by atoms with E-state index in [4.69, 9.17) is 20.8 Å². The molecule has 0 aliphatic carbocycles. The molecule has 0 N–H and O–H groups in total. The number of hydrogen-bond acceptors (Lipinski definition) is 2. The quantitative estimate of drug-likeness (QED) is 0.559. The Labute approximate surface area is 161 Å². The standard InChI is InChI=1S/C21H26ClFO2Si/c1-21(2,3)26(17-10-6-4-7-11-17,18-12-8-5-9-13-18)24-15-16-14-19(23)20(22)25-16/h4-13,16,19-20H,14-15H2,1-3H3/t16-,19-,20-/m0/s1. The number of alkyl halides is 2. The van der Waals surface area contributed by atoms with E-state index in [1.807, 2.05) is 36.4 Å². The van der Waals surface area contributed by atoms with Crippen LogP contribution < -0.4 is 10.4 Å². The minimum absolute atomic E-state index is 0.107. The van der Waals surface area contributed by atoms with Gasteiger partial charge >= 0.3 is 0 Å². The lowest BCUT2D eigenvalue weighted by Gasteiger charge is -2.43. The Morgan fingerprint density at radius 1 is 1.04 bits per heavy atom. The van der Waals surface area contributed by atoms with Crippen LogP contribution in [0.1, 0.15) is 27.2 Å². The normalized spacial score (nSPS) is 24.0. The van der Waals surface area contributed by atoms with E-state index in [0.717, 1.165) is 0 Å². The maximum Gasteiger partial charge on any atom is 0.261 e. The van der Waals surface area contributed by atoms with E-state index in [9.17, 15) is 4.39 Å². The highest BCUT2D eigenvalue weighted by molar-refractivity contribution is 6.99. The van der Waals surface area contributed by atoms with Gasteiger partial charge in [-0.1, -0.05) is 93.0 Å². The van der Waals surface area contributed by atoms with Crippen molar-refractivity contribution in [2.75, 3.05) is 6.61 Å². The first kappa shape index (κ1) is 19.6. The molecule has 5 heteroatoms. The zero-order valence-corrected chi connectivity index (χ0v) is 17.2. The highest BCUT2D eigenvalue weighted by atomic mass is 35.5. The molecule has 0 unspecified atom stereocenters. The van der Waals surface area contributed by atoms with E-state index in [1.165, 1.54) is 10.4 Å². The molecule has 2 nitrogen and oxygen atoms in total. The largest absolute Gasteiger partial charge is 0.405 e. The lowest BCUT2D eigenvalue weighted by molar-refractivity contribution is 0.0428. The Kier molecular flexibility index (Phi) is 5.87. The van der Waals surface area contributed by atoms with Gasteiger partial charge in [0.1, 0.15) is 6.17 Å². The van der Waals surface area contributed by atoms with Crippen LogP contribution in [0.15, 0.2) is 60.7 Å². The molecule has 0 radical (unpaired) electrons. The molecule has 0 aromatic heterocycles. The lowest BCUT2D eigenvalue weighted by Crippen LogP contribution is -2.67. The van der Waals surface area contributed by atoms with E-state index in [2.05, 4.69) is 45.0 Å². The number of halogens is 2. The molecule has 3 atom stereocenters. The minimum Gasteiger partial charge on any atom is -0.405 e. The first-order valence-electron chi connectivity index (χ1n) is 9.03. The fraction of sp³-hybridized carbons (Fsp3) is 0.429. The first-order valence-corrected chi connectivity index (χ1v) is 11.4. The van der Waals surface area contributed by atoms with Crippen LogP contribution in [0.25, 0.3) is 0 Å². The van der Waals surface area contributed by atoms with Gasteiger partial charge in [0.15, 0.2) is 5.56 Å². The lowest BCUT2D eigenvalue weighted by atomic mass is 10.2. The van der Waals surface area contributed by atoms with Crippen LogP contribution >= 0.6 is 11.6 Å². The van der Waals surface area contributed by atoms with Crippen LogP contribution in [0.4, 0.5) is 4.39 Å². The summed E-state index contributed by atoms with van der Waals surface area (Å²) >= 11 is 5.89. The molecule has 1 aliphatic rings. The maximum absolute atomic E-state index is 13.8. The summed E-state index contributed by atoms with van der Waals surface area (Å²) in [7, 11) is -2.61. The Morgan fingerprint density at radius 3 is 1.92 bits per heavy atom. The average molecular weight is 393 g/mol. The number of benzene rings is 2. The summed E-state index contributed by atoms with van der Waals surface area (Å²) < 4.78 is 26.0. The monoisotopic (exact) mass is 392 g/mol. The smallest absolute Gasteiger partial charge is 0.261 e.